The molecule has 1 atom stereocenters. The van der Waals surface area contributed by atoms with E-state index in [2.05, 4.69) is 36.4 Å². The van der Waals surface area contributed by atoms with Crippen molar-refractivity contribution < 1.29 is 4.52 Å². The molecule has 1 N–H and O–H groups in total. The van der Waals surface area contributed by atoms with E-state index in [0.29, 0.717) is 18.4 Å². The maximum absolute atomic E-state index is 5.42. The zero-order chi connectivity index (χ0) is 17.2. The molecule has 2 fully saturated rings. The van der Waals surface area contributed by atoms with Crippen molar-refractivity contribution in [3.63, 3.8) is 0 Å². The molecule has 25 heavy (non-hydrogen) atoms. The molecule has 2 aromatic heterocycles. The minimum Gasteiger partial charge on any atom is -0.352 e. The second-order valence-electron chi connectivity index (χ2n) is 7.27. The van der Waals surface area contributed by atoms with E-state index >= 15 is 0 Å². The van der Waals surface area contributed by atoms with E-state index in [0.717, 1.165) is 42.1 Å². The summed E-state index contributed by atoms with van der Waals surface area (Å²) in [6.45, 7) is 4.65. The van der Waals surface area contributed by atoms with Gasteiger partial charge in [-0.15, -0.1) is 0 Å². The number of anilines is 1. The van der Waals surface area contributed by atoms with Gasteiger partial charge < -0.3 is 14.7 Å². The summed E-state index contributed by atoms with van der Waals surface area (Å²) < 4.78 is 5.42. The van der Waals surface area contributed by atoms with Crippen molar-refractivity contribution in [3.05, 3.63) is 29.3 Å². The highest BCUT2D eigenvalue weighted by Gasteiger charge is 2.25. The first kappa shape index (κ1) is 16.4. The third kappa shape index (κ3) is 3.66. The highest BCUT2D eigenvalue weighted by molar-refractivity contribution is 5.40. The maximum atomic E-state index is 5.42. The van der Waals surface area contributed by atoms with E-state index in [4.69, 9.17) is 4.52 Å². The molecule has 7 heteroatoms. The predicted octanol–water partition coefficient (Wildman–Crippen LogP) is 2.54. The lowest BCUT2D eigenvalue weighted by Gasteiger charge is -2.24. The Bertz CT molecular complexity index is 720. The fourth-order valence-electron chi connectivity index (χ4n) is 3.53. The monoisotopic (exact) mass is 342 g/mol. The number of nitrogens with one attached hydrogen (secondary N) is 1. The highest BCUT2D eigenvalue weighted by atomic mass is 16.5. The second-order valence-corrected chi connectivity index (χ2v) is 7.27. The summed E-state index contributed by atoms with van der Waals surface area (Å²) in [6.07, 6.45) is 5.98. The van der Waals surface area contributed by atoms with E-state index in [9.17, 15) is 0 Å². The minimum atomic E-state index is 0.470. The van der Waals surface area contributed by atoms with Crippen LogP contribution in [0.1, 0.15) is 67.2 Å². The van der Waals surface area contributed by atoms with E-state index < -0.39 is 0 Å². The Morgan fingerprint density at radius 1 is 1.16 bits per heavy atom. The average Bonchev–Trinajstić information content (AvgIpc) is 3.01. The van der Waals surface area contributed by atoms with Gasteiger partial charge in [0.15, 0.2) is 5.82 Å². The second kappa shape index (κ2) is 7.07. The van der Waals surface area contributed by atoms with Crippen molar-refractivity contribution in [2.75, 3.05) is 25.0 Å². The van der Waals surface area contributed by atoms with Gasteiger partial charge >= 0.3 is 0 Å². The third-order valence-corrected chi connectivity index (χ3v) is 5.27. The van der Waals surface area contributed by atoms with Crippen molar-refractivity contribution in [1.29, 1.82) is 0 Å². The van der Waals surface area contributed by atoms with Crippen LogP contribution in [0.4, 0.5) is 5.82 Å². The molecule has 2 aliphatic rings. The zero-order valence-electron chi connectivity index (χ0n) is 15.0. The Hall–Kier alpha value is -2.02. The lowest BCUT2D eigenvalue weighted by Crippen LogP contribution is -2.29. The number of piperidine rings is 1. The molecule has 1 aliphatic carbocycles. The molecule has 0 amide bonds. The van der Waals surface area contributed by atoms with Crippen LogP contribution < -0.4 is 10.2 Å². The molecule has 134 valence electrons. The van der Waals surface area contributed by atoms with E-state index in [1.807, 2.05) is 14.0 Å². The molecule has 3 heterocycles. The van der Waals surface area contributed by atoms with Crippen LogP contribution in [-0.4, -0.2) is 40.2 Å². The van der Waals surface area contributed by atoms with Gasteiger partial charge in [0.2, 0.25) is 5.89 Å². The highest BCUT2D eigenvalue weighted by Crippen LogP contribution is 2.35. The molecule has 4 rings (SSSR count). The molecule has 2 aromatic rings. The molecule has 1 saturated heterocycles. The van der Waals surface area contributed by atoms with Crippen LogP contribution in [-0.2, 0) is 6.54 Å². The first-order valence-electron chi connectivity index (χ1n) is 9.29. The first-order chi connectivity index (χ1) is 12.2. The van der Waals surface area contributed by atoms with Gasteiger partial charge in [0.25, 0.3) is 0 Å². The third-order valence-electron chi connectivity index (χ3n) is 5.27. The molecule has 0 bridgehead atoms. The molecule has 7 nitrogen and oxygen atoms in total. The number of aromatic nitrogens is 4. The molecular weight excluding hydrogens is 316 g/mol. The minimum absolute atomic E-state index is 0.470. The van der Waals surface area contributed by atoms with Crippen LogP contribution in [0.25, 0.3) is 0 Å². The van der Waals surface area contributed by atoms with Crippen LogP contribution in [0.15, 0.2) is 10.6 Å². The maximum Gasteiger partial charge on any atom is 0.229 e. The van der Waals surface area contributed by atoms with Gasteiger partial charge in [0.1, 0.15) is 11.6 Å². The molecule has 0 spiro atoms. The lowest BCUT2D eigenvalue weighted by molar-refractivity contribution is 0.291. The van der Waals surface area contributed by atoms with Crippen molar-refractivity contribution >= 4 is 5.82 Å². The quantitative estimate of drug-likeness (QED) is 0.894. The van der Waals surface area contributed by atoms with Crippen LogP contribution in [0.2, 0.25) is 0 Å². The Kier molecular flexibility index (Phi) is 4.65. The standard InChI is InChI=1S/C18H26N6O/c1-12-20-15(14-7-4-8-19-10-14)9-17(21-12)24(2)11-16-22-18(25-23-16)13-5-3-6-13/h9,13-14,19H,3-8,10-11H2,1-2H3/t14-/m0/s1. The van der Waals surface area contributed by atoms with Crippen LogP contribution in [0.5, 0.6) is 0 Å². The van der Waals surface area contributed by atoms with Crippen molar-refractivity contribution in [3.8, 4) is 0 Å². The Balaban J connectivity index is 1.48. The van der Waals surface area contributed by atoms with Gasteiger partial charge in [-0.25, -0.2) is 9.97 Å². The Labute approximate surface area is 148 Å². The molecule has 0 unspecified atom stereocenters. The first-order valence-corrected chi connectivity index (χ1v) is 9.29. The summed E-state index contributed by atoms with van der Waals surface area (Å²) in [4.78, 5) is 15.9. The van der Waals surface area contributed by atoms with Gasteiger partial charge in [-0.1, -0.05) is 11.6 Å². The van der Waals surface area contributed by atoms with E-state index in [-0.39, 0.29) is 0 Å². The van der Waals surface area contributed by atoms with Crippen LogP contribution in [0, 0.1) is 6.92 Å². The van der Waals surface area contributed by atoms with E-state index in [1.54, 1.807) is 0 Å². The lowest BCUT2D eigenvalue weighted by atomic mass is 9.85. The summed E-state index contributed by atoms with van der Waals surface area (Å²) in [6, 6.07) is 2.11. The fourth-order valence-corrected chi connectivity index (χ4v) is 3.53. The number of hydrogen-bond acceptors (Lipinski definition) is 7. The summed E-state index contributed by atoms with van der Waals surface area (Å²) in [5, 5.41) is 7.60. The van der Waals surface area contributed by atoms with Gasteiger partial charge in [0.05, 0.1) is 12.2 Å². The van der Waals surface area contributed by atoms with Gasteiger partial charge in [-0.3, -0.25) is 0 Å². The molecule has 0 radical (unpaired) electrons. The van der Waals surface area contributed by atoms with E-state index in [1.165, 1.54) is 32.1 Å². The summed E-state index contributed by atoms with van der Waals surface area (Å²) in [5.41, 5.74) is 1.13. The zero-order valence-corrected chi connectivity index (χ0v) is 15.0. The predicted molar refractivity (Wildman–Crippen MR) is 94.6 cm³/mol. The van der Waals surface area contributed by atoms with Gasteiger partial charge in [-0.2, -0.15) is 4.98 Å². The summed E-state index contributed by atoms with van der Waals surface area (Å²) in [7, 11) is 2.02. The molecule has 1 saturated carbocycles. The average molecular weight is 342 g/mol. The topological polar surface area (TPSA) is 80.0 Å². The van der Waals surface area contributed by atoms with Gasteiger partial charge in [0, 0.05) is 31.5 Å². The molecule has 1 aliphatic heterocycles. The largest absolute Gasteiger partial charge is 0.352 e. The normalized spacial score (nSPS) is 21.1. The molecular formula is C18H26N6O. The summed E-state index contributed by atoms with van der Waals surface area (Å²) in [5.74, 6) is 4.19. The Morgan fingerprint density at radius 2 is 2.00 bits per heavy atom. The number of hydrogen-bond donors (Lipinski definition) is 1. The van der Waals surface area contributed by atoms with Gasteiger partial charge in [-0.05, 0) is 39.2 Å². The van der Waals surface area contributed by atoms with Crippen molar-refractivity contribution in [1.82, 2.24) is 25.4 Å². The van der Waals surface area contributed by atoms with Crippen LogP contribution >= 0.6 is 0 Å². The van der Waals surface area contributed by atoms with Crippen molar-refractivity contribution in [2.24, 2.45) is 0 Å². The summed E-state index contributed by atoms with van der Waals surface area (Å²) >= 11 is 0. The number of rotatable bonds is 5. The smallest absolute Gasteiger partial charge is 0.229 e. The Morgan fingerprint density at radius 3 is 2.72 bits per heavy atom. The number of nitrogens with zero attached hydrogens (tertiary/aromatic N) is 5. The SMILES string of the molecule is Cc1nc([C@H]2CCCNC2)cc(N(C)Cc2noc(C3CCC3)n2)n1. The number of aryl methyl sites for hydroxylation is 1. The van der Waals surface area contributed by atoms with Crippen LogP contribution in [0.3, 0.4) is 0 Å². The fraction of sp³-hybridized carbons (Fsp3) is 0.667. The van der Waals surface area contributed by atoms with Crippen molar-refractivity contribution in [2.45, 2.75) is 57.4 Å². The molecule has 0 aromatic carbocycles.